The van der Waals surface area contributed by atoms with Crippen LogP contribution in [0.2, 0.25) is 0 Å². The van der Waals surface area contributed by atoms with E-state index in [0.29, 0.717) is 5.56 Å². The van der Waals surface area contributed by atoms with Crippen molar-refractivity contribution in [1.29, 1.82) is 0 Å². The van der Waals surface area contributed by atoms with E-state index in [1.807, 2.05) is 12.1 Å². The molecule has 0 aromatic heterocycles. The van der Waals surface area contributed by atoms with Crippen LogP contribution >= 0.6 is 37.2 Å². The Labute approximate surface area is 197 Å². The van der Waals surface area contributed by atoms with Gasteiger partial charge in [0.05, 0.1) is 0 Å². The summed E-state index contributed by atoms with van der Waals surface area (Å²) in [6.07, 6.45) is 1.61. The number of carbonyl (C=O) groups excluding carboxylic acids is 2. The zero-order chi connectivity index (χ0) is 22.7. The van der Waals surface area contributed by atoms with Gasteiger partial charge in [0.25, 0.3) is 0 Å². The zero-order valence-corrected chi connectivity index (χ0v) is 23.0. The van der Waals surface area contributed by atoms with E-state index >= 15 is 0 Å². The molecule has 1 aromatic carbocycles. The van der Waals surface area contributed by atoms with Gasteiger partial charge in [-0.05, 0) is 0 Å². The number of hydrogen-bond acceptors (Lipinski definition) is 5. The molecule has 1 aliphatic rings. The van der Waals surface area contributed by atoms with Gasteiger partial charge in [0.1, 0.15) is 0 Å². The Kier molecular flexibility index (Phi) is 8.62. The summed E-state index contributed by atoms with van der Waals surface area (Å²) in [4.78, 5) is 25.7. The second-order valence-corrected chi connectivity index (χ2v) is 16.0. The summed E-state index contributed by atoms with van der Waals surface area (Å²) in [6, 6.07) is 5.60. The van der Waals surface area contributed by atoms with Crippen LogP contribution in [0, 0.1) is 0 Å². The molecule has 0 saturated heterocycles. The Morgan fingerprint density at radius 1 is 0.767 bits per heavy atom. The molecule has 1 aromatic rings. The standard InChI is InChI=1S/C22H34Br2N3O2P/c1-7-25(8-2)30(24,26(9-3)10-4,27(11-5)12-6)21-16-20(28)22(29)18-14-13-17(23)15-19(18)21/h13-16H,7-12H2,1-6H3. The van der Waals surface area contributed by atoms with E-state index in [4.69, 9.17) is 0 Å². The summed E-state index contributed by atoms with van der Waals surface area (Å²) < 4.78 is 8.33. The molecule has 0 atom stereocenters. The molecule has 0 bridgehead atoms. The molecule has 0 amide bonds. The molecule has 0 saturated carbocycles. The molecule has 0 radical (unpaired) electrons. The van der Waals surface area contributed by atoms with Crippen molar-refractivity contribution in [2.24, 2.45) is 0 Å². The third-order valence-corrected chi connectivity index (χ3v) is 17.7. The number of halogens is 2. The molecule has 168 valence electrons. The van der Waals surface area contributed by atoms with Gasteiger partial charge in [0.2, 0.25) is 0 Å². The second-order valence-electron chi connectivity index (χ2n) is 7.21. The van der Waals surface area contributed by atoms with Crippen molar-refractivity contribution in [3.63, 3.8) is 0 Å². The topological polar surface area (TPSA) is 43.9 Å². The average molecular weight is 563 g/mol. The number of rotatable bonds is 10. The van der Waals surface area contributed by atoms with Crippen molar-refractivity contribution in [3.8, 4) is 0 Å². The minimum atomic E-state index is -3.37. The minimum absolute atomic E-state index is 0.433. The maximum atomic E-state index is 12.9. The summed E-state index contributed by atoms with van der Waals surface area (Å²) in [5.74, 6) is -4.25. The van der Waals surface area contributed by atoms with Gasteiger partial charge in [-0.1, -0.05) is 0 Å². The number of hydrogen-bond donors (Lipinski definition) is 0. The monoisotopic (exact) mass is 561 g/mol. The second kappa shape index (κ2) is 10.0. The molecule has 0 spiro atoms. The van der Waals surface area contributed by atoms with Crippen LogP contribution in [0.4, 0.5) is 0 Å². The number of benzene rings is 1. The Morgan fingerprint density at radius 2 is 1.20 bits per heavy atom. The van der Waals surface area contributed by atoms with Gasteiger partial charge in [0, 0.05) is 0 Å². The SMILES string of the molecule is CCN(CC)P(Br)(C1=CC(=O)C(=O)c2ccc(Br)cc21)(N(CC)CC)N(CC)CC. The first-order valence-electron chi connectivity index (χ1n) is 10.8. The molecule has 0 N–H and O–H groups in total. The van der Waals surface area contributed by atoms with Gasteiger partial charge >= 0.3 is 198 Å². The molecule has 30 heavy (non-hydrogen) atoms. The van der Waals surface area contributed by atoms with Gasteiger partial charge in [-0.15, -0.1) is 0 Å². The van der Waals surface area contributed by atoms with E-state index in [9.17, 15) is 9.59 Å². The molecular weight excluding hydrogens is 529 g/mol. The van der Waals surface area contributed by atoms with Crippen LogP contribution in [0.3, 0.4) is 0 Å². The first-order valence-corrected chi connectivity index (χ1v) is 15.7. The first kappa shape index (κ1) is 25.8. The fourth-order valence-electron chi connectivity index (χ4n) is 4.81. The van der Waals surface area contributed by atoms with Gasteiger partial charge in [0.15, 0.2) is 0 Å². The summed E-state index contributed by atoms with van der Waals surface area (Å²) >= 11 is 8.00. The fourth-order valence-corrected chi connectivity index (χ4v) is 16.0. The third kappa shape index (κ3) is 3.70. The van der Waals surface area contributed by atoms with Crippen molar-refractivity contribution >= 4 is 54.1 Å². The van der Waals surface area contributed by atoms with Crippen molar-refractivity contribution < 1.29 is 9.59 Å². The van der Waals surface area contributed by atoms with Crippen molar-refractivity contribution in [2.75, 3.05) is 39.3 Å². The molecular formula is C22H34Br2N3O2P. The molecule has 1 aliphatic carbocycles. The van der Waals surface area contributed by atoms with Crippen LogP contribution in [0.5, 0.6) is 0 Å². The summed E-state index contributed by atoms with van der Waals surface area (Å²) in [7, 11) is 0. The number of allylic oxidation sites excluding steroid dienone is 1. The molecule has 0 fully saturated rings. The van der Waals surface area contributed by atoms with Crippen LogP contribution < -0.4 is 0 Å². The predicted octanol–water partition coefficient (Wildman–Crippen LogP) is 6.19. The van der Waals surface area contributed by atoms with Gasteiger partial charge < -0.3 is 0 Å². The van der Waals surface area contributed by atoms with E-state index in [-0.39, 0.29) is 0 Å². The van der Waals surface area contributed by atoms with E-state index in [2.05, 4.69) is 87.0 Å². The molecule has 5 nitrogen and oxygen atoms in total. The predicted molar refractivity (Wildman–Crippen MR) is 136 cm³/mol. The Hall–Kier alpha value is -0.430. The number of fused-ring (bicyclic) bond motifs is 1. The number of carbonyl (C=O) groups is 2. The van der Waals surface area contributed by atoms with Crippen LogP contribution in [0.1, 0.15) is 57.5 Å². The number of nitrogens with zero attached hydrogens (tertiary/aromatic N) is 3. The maximum absolute atomic E-state index is 12.9. The summed E-state index contributed by atoms with van der Waals surface area (Å²) in [5.41, 5.74) is 1.33. The Balaban J connectivity index is 3.10. The van der Waals surface area contributed by atoms with Crippen molar-refractivity contribution in [1.82, 2.24) is 14.0 Å². The molecule has 2 rings (SSSR count). The normalized spacial score (nSPS) is 16.1. The van der Waals surface area contributed by atoms with E-state index in [0.717, 1.165) is 54.6 Å². The molecule has 0 aliphatic heterocycles. The van der Waals surface area contributed by atoms with E-state index in [1.54, 1.807) is 12.1 Å². The van der Waals surface area contributed by atoms with Crippen molar-refractivity contribution in [3.05, 3.63) is 39.9 Å². The average Bonchev–Trinajstić information content (AvgIpc) is 2.73. The molecule has 8 heteroatoms. The van der Waals surface area contributed by atoms with Gasteiger partial charge in [-0.3, -0.25) is 0 Å². The van der Waals surface area contributed by atoms with Crippen LogP contribution in [0.25, 0.3) is 5.31 Å². The molecule has 0 unspecified atom stereocenters. The quantitative estimate of drug-likeness (QED) is 0.251. The van der Waals surface area contributed by atoms with Crippen LogP contribution in [-0.4, -0.2) is 64.8 Å². The number of ketones is 2. The Morgan fingerprint density at radius 3 is 1.60 bits per heavy atom. The third-order valence-electron chi connectivity index (χ3n) is 6.10. The summed E-state index contributed by atoms with van der Waals surface area (Å²) in [5, 5.41) is 0.929. The zero-order valence-electron chi connectivity index (χ0n) is 18.9. The van der Waals surface area contributed by atoms with Crippen LogP contribution in [-0.2, 0) is 4.79 Å². The van der Waals surface area contributed by atoms with Crippen molar-refractivity contribution in [2.45, 2.75) is 41.5 Å². The van der Waals surface area contributed by atoms with Gasteiger partial charge in [-0.2, -0.15) is 0 Å². The van der Waals surface area contributed by atoms with Crippen LogP contribution in [0.15, 0.2) is 28.7 Å². The van der Waals surface area contributed by atoms with E-state index in [1.165, 1.54) is 0 Å². The summed E-state index contributed by atoms with van der Waals surface area (Å²) in [6.45, 7) is 17.9. The fraction of sp³-hybridized carbons (Fsp3) is 0.545. The first-order chi connectivity index (χ1) is 14.2. The van der Waals surface area contributed by atoms with E-state index < -0.39 is 17.3 Å². The van der Waals surface area contributed by atoms with Gasteiger partial charge in [-0.25, -0.2) is 0 Å². The Bertz CT molecular complexity index is 813. The number of Topliss-reactive ketones (excluding diaryl/α,β-unsaturated/α-hetero) is 1. The molecule has 0 heterocycles.